The van der Waals surface area contributed by atoms with Gasteiger partial charge in [-0.3, -0.25) is 0 Å². The molecule has 1 heterocycles. The van der Waals surface area contributed by atoms with Gasteiger partial charge in [-0.15, -0.1) is 0 Å². The van der Waals surface area contributed by atoms with Crippen LogP contribution in [0.25, 0.3) is 0 Å². The molecule has 0 saturated heterocycles. The van der Waals surface area contributed by atoms with Crippen molar-refractivity contribution in [2.45, 2.75) is 19.8 Å². The SMILES string of the molecule is COCOc1c(I)ccnc1Cl.[CH2-]CCC.[Li+]. The van der Waals surface area contributed by atoms with Crippen LogP contribution in [0.3, 0.4) is 0 Å². The van der Waals surface area contributed by atoms with Crippen LogP contribution in [0, 0.1) is 10.5 Å². The third-order valence-electron chi connectivity index (χ3n) is 1.49. The summed E-state index contributed by atoms with van der Waals surface area (Å²) in [5.41, 5.74) is 0. The molecular weight excluding hydrogens is 347 g/mol. The number of halogens is 2. The van der Waals surface area contributed by atoms with Gasteiger partial charge in [0.05, 0.1) is 3.57 Å². The number of methoxy groups -OCH3 is 1. The Morgan fingerprint density at radius 1 is 1.53 bits per heavy atom. The number of unbranched alkanes of at least 4 members (excludes halogenated alkanes) is 1. The minimum atomic E-state index is 0. The van der Waals surface area contributed by atoms with Gasteiger partial charge in [0.1, 0.15) is 0 Å². The number of aromatic nitrogens is 1. The van der Waals surface area contributed by atoms with Gasteiger partial charge in [0.15, 0.2) is 17.7 Å². The van der Waals surface area contributed by atoms with E-state index < -0.39 is 0 Å². The normalized spacial score (nSPS) is 8.76. The summed E-state index contributed by atoms with van der Waals surface area (Å²) in [4.78, 5) is 3.87. The van der Waals surface area contributed by atoms with Gasteiger partial charge in [-0.25, -0.2) is 4.98 Å². The van der Waals surface area contributed by atoms with Crippen molar-refractivity contribution in [3.05, 3.63) is 27.9 Å². The predicted molar refractivity (Wildman–Crippen MR) is 74.7 cm³/mol. The zero-order chi connectivity index (χ0) is 12.4. The summed E-state index contributed by atoms with van der Waals surface area (Å²) < 4.78 is 10.9. The van der Waals surface area contributed by atoms with Gasteiger partial charge in [-0.05, 0) is 28.7 Å². The first-order valence-corrected chi connectivity index (χ1v) is 6.34. The Labute approximate surface area is 134 Å². The summed E-state index contributed by atoms with van der Waals surface area (Å²) in [6, 6.07) is 1.82. The molecule has 0 aromatic carbocycles. The molecule has 0 atom stereocenters. The third kappa shape index (κ3) is 9.15. The Balaban J connectivity index is 0. The zero-order valence-electron chi connectivity index (χ0n) is 10.5. The minimum absolute atomic E-state index is 0. The van der Waals surface area contributed by atoms with Crippen LogP contribution < -0.4 is 23.6 Å². The zero-order valence-corrected chi connectivity index (χ0v) is 13.4. The van der Waals surface area contributed by atoms with Crippen molar-refractivity contribution in [2.24, 2.45) is 0 Å². The van der Waals surface area contributed by atoms with E-state index in [0.29, 0.717) is 10.9 Å². The molecule has 0 unspecified atom stereocenters. The topological polar surface area (TPSA) is 31.4 Å². The van der Waals surface area contributed by atoms with E-state index in [2.05, 4.69) is 41.4 Å². The van der Waals surface area contributed by atoms with Crippen molar-refractivity contribution in [3.63, 3.8) is 0 Å². The van der Waals surface area contributed by atoms with Crippen LogP contribution in [0.2, 0.25) is 5.15 Å². The molecule has 0 saturated carbocycles. The fourth-order valence-electron chi connectivity index (χ4n) is 0.647. The van der Waals surface area contributed by atoms with Gasteiger partial charge in [0.2, 0.25) is 0 Å². The second-order valence-electron chi connectivity index (χ2n) is 2.82. The van der Waals surface area contributed by atoms with E-state index >= 15 is 0 Å². The van der Waals surface area contributed by atoms with E-state index in [4.69, 9.17) is 21.1 Å². The number of rotatable bonds is 4. The van der Waals surface area contributed by atoms with E-state index in [1.807, 2.05) is 6.07 Å². The van der Waals surface area contributed by atoms with Crippen molar-refractivity contribution in [2.75, 3.05) is 13.9 Å². The molecule has 0 radical (unpaired) electrons. The summed E-state index contributed by atoms with van der Waals surface area (Å²) in [6.07, 6.45) is 3.91. The second kappa shape index (κ2) is 13.0. The van der Waals surface area contributed by atoms with Crippen LogP contribution in [0.5, 0.6) is 5.75 Å². The molecule has 3 nitrogen and oxygen atoms in total. The third-order valence-corrected chi connectivity index (χ3v) is 2.61. The second-order valence-corrected chi connectivity index (χ2v) is 4.34. The molecule has 0 aliphatic carbocycles. The van der Waals surface area contributed by atoms with Gasteiger partial charge < -0.3 is 16.4 Å². The molecule has 1 aromatic heterocycles. The number of ether oxygens (including phenoxy) is 2. The average molecular weight is 364 g/mol. The van der Waals surface area contributed by atoms with Crippen molar-refractivity contribution >= 4 is 34.2 Å². The van der Waals surface area contributed by atoms with E-state index in [1.54, 1.807) is 13.3 Å². The molecule has 1 rings (SSSR count). The van der Waals surface area contributed by atoms with Gasteiger partial charge in [-0.1, -0.05) is 24.9 Å². The van der Waals surface area contributed by atoms with Crippen LogP contribution >= 0.6 is 34.2 Å². The first kappa shape index (κ1) is 19.9. The summed E-state index contributed by atoms with van der Waals surface area (Å²) in [5, 5.41) is 0.360. The molecule has 92 valence electrons. The van der Waals surface area contributed by atoms with E-state index in [1.165, 1.54) is 6.42 Å². The smallest absolute Gasteiger partial charge is 0.463 e. The summed E-state index contributed by atoms with van der Waals surface area (Å²) in [5.74, 6) is 0.571. The maximum absolute atomic E-state index is 5.77. The Bertz CT molecular complexity index is 281. The van der Waals surface area contributed by atoms with Crippen molar-refractivity contribution in [1.82, 2.24) is 4.98 Å². The standard InChI is InChI=1S/C7H7ClINO2.C4H9.Li/c1-11-4-12-6-5(9)2-3-10-7(6)8;1-3-4-2;/h2-3H,4H2,1H3;1,3-4H2,2H3;/q;-1;+1. The van der Waals surface area contributed by atoms with Gasteiger partial charge in [0, 0.05) is 13.3 Å². The van der Waals surface area contributed by atoms with Gasteiger partial charge in [-0.2, -0.15) is 6.42 Å². The Morgan fingerprint density at radius 3 is 2.53 bits per heavy atom. The molecule has 0 fully saturated rings. The van der Waals surface area contributed by atoms with Gasteiger partial charge in [0.25, 0.3) is 0 Å². The molecule has 17 heavy (non-hydrogen) atoms. The number of pyridine rings is 1. The minimum Gasteiger partial charge on any atom is -0.463 e. The average Bonchev–Trinajstić information content (AvgIpc) is 2.29. The Morgan fingerprint density at radius 2 is 2.12 bits per heavy atom. The largest absolute Gasteiger partial charge is 1.00 e. The summed E-state index contributed by atoms with van der Waals surface area (Å²) >= 11 is 7.89. The maximum atomic E-state index is 5.77. The monoisotopic (exact) mass is 363 g/mol. The Hall–Kier alpha value is 0.527. The summed E-state index contributed by atoms with van der Waals surface area (Å²) in [7, 11) is 1.55. The number of hydrogen-bond acceptors (Lipinski definition) is 3. The first-order valence-electron chi connectivity index (χ1n) is 4.88. The van der Waals surface area contributed by atoms with Crippen molar-refractivity contribution < 1.29 is 28.3 Å². The van der Waals surface area contributed by atoms with Crippen LogP contribution in [0.1, 0.15) is 19.8 Å². The Kier molecular flexibility index (Phi) is 15.2. The van der Waals surface area contributed by atoms with Crippen LogP contribution in [0.4, 0.5) is 0 Å². The van der Waals surface area contributed by atoms with Crippen LogP contribution in [-0.2, 0) is 4.74 Å². The van der Waals surface area contributed by atoms with Crippen LogP contribution in [-0.4, -0.2) is 18.9 Å². The van der Waals surface area contributed by atoms with Crippen LogP contribution in [0.15, 0.2) is 12.3 Å². The molecule has 6 heteroatoms. The predicted octanol–water partition coefficient (Wildman–Crippen LogP) is 0.947. The molecular formula is C11H16ClILiNO2. The number of hydrogen-bond donors (Lipinski definition) is 0. The molecule has 1 aromatic rings. The quantitative estimate of drug-likeness (QED) is 0.262. The fourth-order valence-corrected chi connectivity index (χ4v) is 1.59. The molecule has 0 amide bonds. The van der Waals surface area contributed by atoms with E-state index in [9.17, 15) is 0 Å². The molecule has 0 aliphatic heterocycles. The molecule has 0 N–H and O–H groups in total. The van der Waals surface area contributed by atoms with Crippen molar-refractivity contribution in [1.29, 1.82) is 0 Å². The van der Waals surface area contributed by atoms with Gasteiger partial charge >= 0.3 is 18.9 Å². The van der Waals surface area contributed by atoms with E-state index in [0.717, 1.165) is 9.99 Å². The fraction of sp³-hybridized carbons (Fsp3) is 0.455. The molecule has 0 bridgehead atoms. The molecule has 0 spiro atoms. The number of nitrogens with zero attached hydrogens (tertiary/aromatic N) is 1. The summed E-state index contributed by atoms with van der Waals surface area (Å²) in [6.45, 7) is 5.90. The van der Waals surface area contributed by atoms with Crippen molar-refractivity contribution in [3.8, 4) is 5.75 Å². The first-order chi connectivity index (χ1) is 7.67. The maximum Gasteiger partial charge on any atom is 1.00 e. The molecule has 0 aliphatic rings. The van der Waals surface area contributed by atoms with E-state index in [-0.39, 0.29) is 25.7 Å².